The van der Waals surface area contributed by atoms with Crippen LogP contribution in [0.2, 0.25) is 0 Å². The van der Waals surface area contributed by atoms with Gasteiger partial charge in [-0.3, -0.25) is 9.80 Å². The standard InChI is InChI=1S/C19H27F3N2O/c20-19(21,22)15-25-13-12-23-10-4-8-17(23)18-9-5-11-24(18)14-16-6-2-1-3-7-16/h1-3,6-7,17-18H,4-5,8-15H2. The van der Waals surface area contributed by atoms with Crippen LogP contribution < -0.4 is 0 Å². The Hall–Kier alpha value is -1.11. The average Bonchev–Trinajstić information content (AvgIpc) is 3.20. The van der Waals surface area contributed by atoms with E-state index in [0.717, 1.165) is 32.5 Å². The SMILES string of the molecule is FC(F)(F)COCCN1CCCC1C1CCCN1Cc1ccccc1. The molecule has 2 saturated heterocycles. The van der Waals surface area contributed by atoms with Crippen molar-refractivity contribution in [3.8, 4) is 0 Å². The van der Waals surface area contributed by atoms with E-state index >= 15 is 0 Å². The van der Waals surface area contributed by atoms with Crippen LogP contribution in [-0.2, 0) is 11.3 Å². The summed E-state index contributed by atoms with van der Waals surface area (Å²) in [5.74, 6) is 0. The van der Waals surface area contributed by atoms with Gasteiger partial charge in [-0.05, 0) is 44.3 Å². The van der Waals surface area contributed by atoms with Gasteiger partial charge in [-0.25, -0.2) is 0 Å². The summed E-state index contributed by atoms with van der Waals surface area (Å²) >= 11 is 0. The van der Waals surface area contributed by atoms with E-state index in [1.165, 1.54) is 18.4 Å². The van der Waals surface area contributed by atoms with E-state index in [1.807, 2.05) is 6.07 Å². The van der Waals surface area contributed by atoms with Gasteiger partial charge in [0, 0.05) is 25.2 Å². The van der Waals surface area contributed by atoms with Crippen molar-refractivity contribution in [2.45, 2.75) is 50.5 Å². The minimum atomic E-state index is -4.23. The Bertz CT molecular complexity index is 523. The summed E-state index contributed by atoms with van der Waals surface area (Å²) in [4.78, 5) is 4.89. The van der Waals surface area contributed by atoms with Gasteiger partial charge in [-0.1, -0.05) is 30.3 Å². The third-order valence-electron chi connectivity index (χ3n) is 5.29. The van der Waals surface area contributed by atoms with Gasteiger partial charge < -0.3 is 4.74 Å². The zero-order valence-corrected chi connectivity index (χ0v) is 14.5. The molecule has 3 rings (SSSR count). The summed E-state index contributed by atoms with van der Waals surface area (Å²) in [6.07, 6.45) is 0.404. The molecule has 1 aromatic rings. The Morgan fingerprint density at radius 3 is 2.28 bits per heavy atom. The minimum absolute atomic E-state index is 0.154. The molecule has 2 fully saturated rings. The Balaban J connectivity index is 1.52. The molecule has 6 heteroatoms. The van der Waals surface area contributed by atoms with Gasteiger partial charge in [0.1, 0.15) is 6.61 Å². The highest BCUT2D eigenvalue weighted by Gasteiger charge is 2.37. The van der Waals surface area contributed by atoms with Crippen LogP contribution in [-0.4, -0.2) is 60.9 Å². The molecular weight excluding hydrogens is 329 g/mol. The Labute approximate surface area is 147 Å². The quantitative estimate of drug-likeness (QED) is 0.693. The van der Waals surface area contributed by atoms with E-state index in [2.05, 4.69) is 34.1 Å². The van der Waals surface area contributed by atoms with Crippen molar-refractivity contribution in [1.82, 2.24) is 9.80 Å². The second-order valence-corrected chi connectivity index (χ2v) is 7.08. The molecule has 2 unspecified atom stereocenters. The minimum Gasteiger partial charge on any atom is -0.371 e. The molecule has 3 nitrogen and oxygen atoms in total. The lowest BCUT2D eigenvalue weighted by Crippen LogP contribution is -2.46. The van der Waals surface area contributed by atoms with Crippen LogP contribution in [0.3, 0.4) is 0 Å². The molecule has 2 aliphatic rings. The monoisotopic (exact) mass is 356 g/mol. The first kappa shape index (κ1) is 18.7. The summed E-state index contributed by atoms with van der Waals surface area (Å²) in [7, 11) is 0. The Morgan fingerprint density at radius 2 is 1.60 bits per heavy atom. The molecule has 0 radical (unpaired) electrons. The summed E-state index contributed by atoms with van der Waals surface area (Å²) in [6.45, 7) is 2.64. The van der Waals surface area contributed by atoms with Gasteiger partial charge in [0.2, 0.25) is 0 Å². The zero-order valence-electron chi connectivity index (χ0n) is 14.5. The van der Waals surface area contributed by atoms with Crippen LogP contribution >= 0.6 is 0 Å². The number of nitrogens with zero attached hydrogens (tertiary/aromatic N) is 2. The molecule has 1 aromatic carbocycles. The van der Waals surface area contributed by atoms with Crippen molar-refractivity contribution in [3.05, 3.63) is 35.9 Å². The molecule has 140 valence electrons. The van der Waals surface area contributed by atoms with Crippen LogP contribution in [0.5, 0.6) is 0 Å². The van der Waals surface area contributed by atoms with Crippen LogP contribution in [0.25, 0.3) is 0 Å². The number of alkyl halides is 3. The first-order valence-electron chi connectivity index (χ1n) is 9.19. The molecule has 2 atom stereocenters. The molecule has 0 amide bonds. The van der Waals surface area contributed by atoms with Crippen molar-refractivity contribution < 1.29 is 17.9 Å². The number of likely N-dealkylation sites (tertiary alicyclic amines) is 2. The van der Waals surface area contributed by atoms with Crippen molar-refractivity contribution in [1.29, 1.82) is 0 Å². The highest BCUT2D eigenvalue weighted by Crippen LogP contribution is 2.31. The summed E-state index contributed by atoms with van der Waals surface area (Å²) < 4.78 is 41.4. The summed E-state index contributed by atoms with van der Waals surface area (Å²) in [6, 6.07) is 11.4. The third kappa shape index (κ3) is 5.43. The maximum absolute atomic E-state index is 12.2. The fraction of sp³-hybridized carbons (Fsp3) is 0.684. The Morgan fingerprint density at radius 1 is 0.960 bits per heavy atom. The maximum atomic E-state index is 12.2. The van der Waals surface area contributed by atoms with E-state index < -0.39 is 12.8 Å². The first-order chi connectivity index (χ1) is 12.0. The normalized spacial score (nSPS) is 25.7. The fourth-order valence-electron chi connectivity index (χ4n) is 4.24. The number of rotatable bonds is 7. The van der Waals surface area contributed by atoms with Crippen molar-refractivity contribution in [2.24, 2.45) is 0 Å². The van der Waals surface area contributed by atoms with Gasteiger partial charge in [0.05, 0.1) is 6.61 Å². The van der Waals surface area contributed by atoms with Gasteiger partial charge >= 0.3 is 6.18 Å². The predicted octanol–water partition coefficient (Wildman–Crippen LogP) is 3.69. The first-order valence-corrected chi connectivity index (χ1v) is 9.19. The molecule has 25 heavy (non-hydrogen) atoms. The van der Waals surface area contributed by atoms with Crippen molar-refractivity contribution in [2.75, 3.05) is 32.8 Å². The van der Waals surface area contributed by atoms with Crippen LogP contribution in [0, 0.1) is 0 Å². The second-order valence-electron chi connectivity index (χ2n) is 7.08. The largest absolute Gasteiger partial charge is 0.411 e. The molecule has 0 N–H and O–H groups in total. The number of ether oxygens (including phenoxy) is 1. The van der Waals surface area contributed by atoms with E-state index in [-0.39, 0.29) is 6.61 Å². The molecule has 0 bridgehead atoms. The number of hydrogen-bond donors (Lipinski definition) is 0. The van der Waals surface area contributed by atoms with E-state index in [4.69, 9.17) is 4.74 Å². The van der Waals surface area contributed by atoms with Gasteiger partial charge in [-0.2, -0.15) is 13.2 Å². The van der Waals surface area contributed by atoms with Crippen molar-refractivity contribution >= 4 is 0 Å². The van der Waals surface area contributed by atoms with Gasteiger partial charge in [0.25, 0.3) is 0 Å². The van der Waals surface area contributed by atoms with Gasteiger partial charge in [-0.15, -0.1) is 0 Å². The van der Waals surface area contributed by atoms with E-state index in [9.17, 15) is 13.2 Å². The number of hydrogen-bond acceptors (Lipinski definition) is 3. The molecule has 0 aliphatic carbocycles. The van der Waals surface area contributed by atoms with E-state index in [1.54, 1.807) is 0 Å². The van der Waals surface area contributed by atoms with Crippen LogP contribution in [0.4, 0.5) is 13.2 Å². The lowest BCUT2D eigenvalue weighted by molar-refractivity contribution is -0.174. The molecule has 2 aliphatic heterocycles. The summed E-state index contributed by atoms with van der Waals surface area (Å²) in [5, 5.41) is 0. The van der Waals surface area contributed by atoms with Crippen LogP contribution in [0.1, 0.15) is 31.2 Å². The fourth-order valence-corrected chi connectivity index (χ4v) is 4.24. The van der Waals surface area contributed by atoms with Gasteiger partial charge in [0.15, 0.2) is 0 Å². The lowest BCUT2D eigenvalue weighted by Gasteiger charge is -2.35. The average molecular weight is 356 g/mol. The smallest absolute Gasteiger partial charge is 0.371 e. The van der Waals surface area contributed by atoms with Crippen molar-refractivity contribution in [3.63, 3.8) is 0 Å². The summed E-state index contributed by atoms with van der Waals surface area (Å²) in [5.41, 5.74) is 1.33. The molecule has 2 heterocycles. The topological polar surface area (TPSA) is 15.7 Å². The Kier molecular flexibility index (Phi) is 6.36. The highest BCUT2D eigenvalue weighted by atomic mass is 19.4. The van der Waals surface area contributed by atoms with Crippen LogP contribution in [0.15, 0.2) is 30.3 Å². The molecule has 0 spiro atoms. The number of benzene rings is 1. The zero-order chi connectivity index (χ0) is 17.7. The second kappa shape index (κ2) is 8.52. The third-order valence-corrected chi connectivity index (χ3v) is 5.29. The highest BCUT2D eigenvalue weighted by molar-refractivity contribution is 5.15. The van der Waals surface area contributed by atoms with E-state index in [0.29, 0.717) is 18.6 Å². The maximum Gasteiger partial charge on any atom is 0.411 e. The molecule has 0 saturated carbocycles. The lowest BCUT2D eigenvalue weighted by atomic mass is 10.0. The number of halogens is 3. The molecular formula is C19H27F3N2O. The predicted molar refractivity (Wildman–Crippen MR) is 91.3 cm³/mol. The molecule has 0 aromatic heterocycles.